The zero-order valence-corrected chi connectivity index (χ0v) is 15.5. The minimum absolute atomic E-state index is 0.0341. The van der Waals surface area contributed by atoms with Crippen LogP contribution in [0.5, 0.6) is 5.75 Å². The first-order valence-corrected chi connectivity index (χ1v) is 9.03. The summed E-state index contributed by atoms with van der Waals surface area (Å²) in [5.74, 6) is -2.15. The van der Waals surface area contributed by atoms with Gasteiger partial charge < -0.3 is 14.7 Å². The van der Waals surface area contributed by atoms with Crippen molar-refractivity contribution in [3.63, 3.8) is 0 Å². The van der Waals surface area contributed by atoms with Crippen molar-refractivity contribution in [1.29, 1.82) is 0 Å². The Morgan fingerprint density at radius 2 is 1.82 bits per heavy atom. The molecule has 2 aromatic rings. The number of hydrogen-bond donors (Lipinski definition) is 1. The standard InChI is InChI=1S/C21H21F2NO4/c1-28-15-3-5-16(19(23)12-15)14-2-4-17(18(22)11-14)21(27)24-8-6-13(7-9-24)10-20(25)26/h2-5,11-13H,6-10H2,1H3,(H,25,26). The molecule has 0 bridgehead atoms. The molecule has 1 fully saturated rings. The van der Waals surface area contributed by atoms with Crippen LogP contribution in [0.3, 0.4) is 0 Å². The molecule has 7 heteroatoms. The van der Waals surface area contributed by atoms with E-state index in [1.54, 1.807) is 6.07 Å². The quantitative estimate of drug-likeness (QED) is 0.840. The number of methoxy groups -OCH3 is 1. The van der Waals surface area contributed by atoms with Gasteiger partial charge in [-0.15, -0.1) is 0 Å². The Morgan fingerprint density at radius 3 is 2.39 bits per heavy atom. The van der Waals surface area contributed by atoms with Crippen molar-refractivity contribution in [3.8, 4) is 16.9 Å². The summed E-state index contributed by atoms with van der Waals surface area (Å²) >= 11 is 0. The molecule has 0 saturated carbocycles. The van der Waals surface area contributed by atoms with E-state index in [9.17, 15) is 18.4 Å². The van der Waals surface area contributed by atoms with Crippen molar-refractivity contribution in [1.82, 2.24) is 4.90 Å². The summed E-state index contributed by atoms with van der Waals surface area (Å²) in [6.45, 7) is 0.788. The largest absolute Gasteiger partial charge is 0.497 e. The number of nitrogens with zero attached hydrogens (tertiary/aromatic N) is 1. The minimum Gasteiger partial charge on any atom is -0.497 e. The van der Waals surface area contributed by atoms with E-state index in [2.05, 4.69) is 0 Å². The molecular formula is C21H21F2NO4. The van der Waals surface area contributed by atoms with E-state index in [1.807, 2.05) is 0 Å². The average molecular weight is 389 g/mol. The number of carboxylic acids is 1. The summed E-state index contributed by atoms with van der Waals surface area (Å²) in [6, 6.07) is 8.32. The molecular weight excluding hydrogens is 368 g/mol. The second-order valence-electron chi connectivity index (χ2n) is 6.87. The van der Waals surface area contributed by atoms with Crippen LogP contribution < -0.4 is 4.74 Å². The van der Waals surface area contributed by atoms with Gasteiger partial charge in [-0.25, -0.2) is 8.78 Å². The number of piperidine rings is 1. The molecule has 1 amide bonds. The van der Waals surface area contributed by atoms with Crippen LogP contribution in [0.15, 0.2) is 36.4 Å². The second kappa shape index (κ2) is 8.37. The summed E-state index contributed by atoms with van der Waals surface area (Å²) < 4.78 is 33.8. The summed E-state index contributed by atoms with van der Waals surface area (Å²) in [7, 11) is 1.43. The van der Waals surface area contributed by atoms with Crippen molar-refractivity contribution in [2.45, 2.75) is 19.3 Å². The molecule has 3 rings (SSSR count). The van der Waals surface area contributed by atoms with E-state index in [-0.39, 0.29) is 23.5 Å². The highest BCUT2D eigenvalue weighted by Gasteiger charge is 2.26. The van der Waals surface area contributed by atoms with E-state index in [4.69, 9.17) is 9.84 Å². The van der Waals surface area contributed by atoms with Crippen LogP contribution in [0.4, 0.5) is 8.78 Å². The van der Waals surface area contributed by atoms with Crippen LogP contribution in [0, 0.1) is 17.6 Å². The molecule has 1 aliphatic rings. The van der Waals surface area contributed by atoms with Gasteiger partial charge in [0, 0.05) is 31.1 Å². The topological polar surface area (TPSA) is 66.8 Å². The summed E-state index contributed by atoms with van der Waals surface area (Å²) in [6.07, 6.45) is 1.24. The molecule has 0 unspecified atom stereocenters. The first-order valence-electron chi connectivity index (χ1n) is 9.03. The maximum Gasteiger partial charge on any atom is 0.303 e. The van der Waals surface area contributed by atoms with Gasteiger partial charge in [-0.2, -0.15) is 0 Å². The van der Waals surface area contributed by atoms with E-state index in [1.165, 1.54) is 36.3 Å². The summed E-state index contributed by atoms with van der Waals surface area (Å²) in [5.41, 5.74) is 0.469. The third-order valence-electron chi connectivity index (χ3n) is 5.05. The van der Waals surface area contributed by atoms with Gasteiger partial charge >= 0.3 is 5.97 Å². The molecule has 5 nitrogen and oxygen atoms in total. The molecule has 1 saturated heterocycles. The molecule has 0 spiro atoms. The summed E-state index contributed by atoms with van der Waals surface area (Å²) in [4.78, 5) is 25.0. The van der Waals surface area contributed by atoms with Gasteiger partial charge in [-0.05, 0) is 48.6 Å². The van der Waals surface area contributed by atoms with Crippen LogP contribution in [0.2, 0.25) is 0 Å². The molecule has 0 aromatic heterocycles. The highest BCUT2D eigenvalue weighted by Crippen LogP contribution is 2.29. The van der Waals surface area contributed by atoms with Crippen LogP contribution in [0.1, 0.15) is 29.6 Å². The summed E-state index contributed by atoms with van der Waals surface area (Å²) in [5, 5.41) is 8.86. The van der Waals surface area contributed by atoms with Crippen molar-refractivity contribution < 1.29 is 28.2 Å². The molecule has 2 aromatic carbocycles. The van der Waals surface area contributed by atoms with E-state index in [0.717, 1.165) is 6.07 Å². The lowest BCUT2D eigenvalue weighted by Crippen LogP contribution is -2.39. The fourth-order valence-corrected chi connectivity index (χ4v) is 3.47. The van der Waals surface area contributed by atoms with E-state index in [0.29, 0.717) is 37.2 Å². The fraction of sp³-hybridized carbons (Fsp3) is 0.333. The third kappa shape index (κ3) is 4.30. The van der Waals surface area contributed by atoms with Crippen LogP contribution in [-0.4, -0.2) is 42.1 Å². The fourth-order valence-electron chi connectivity index (χ4n) is 3.47. The van der Waals surface area contributed by atoms with Gasteiger partial charge in [-0.1, -0.05) is 6.07 Å². The third-order valence-corrected chi connectivity index (χ3v) is 5.05. The zero-order chi connectivity index (χ0) is 20.3. The maximum absolute atomic E-state index is 14.6. The van der Waals surface area contributed by atoms with E-state index >= 15 is 0 Å². The number of aliphatic carboxylic acids is 1. The monoisotopic (exact) mass is 389 g/mol. The van der Waals surface area contributed by atoms with Gasteiger partial charge in [0.05, 0.1) is 12.7 Å². The molecule has 28 heavy (non-hydrogen) atoms. The molecule has 1 N–H and O–H groups in total. The van der Waals surface area contributed by atoms with Crippen molar-refractivity contribution in [2.24, 2.45) is 5.92 Å². The number of rotatable bonds is 5. The maximum atomic E-state index is 14.6. The number of carbonyl (C=O) groups excluding carboxylic acids is 1. The Balaban J connectivity index is 1.74. The predicted octanol–water partition coefficient (Wildman–Crippen LogP) is 3.97. The number of ether oxygens (including phenoxy) is 1. The van der Waals surface area contributed by atoms with Crippen LogP contribution >= 0.6 is 0 Å². The highest BCUT2D eigenvalue weighted by atomic mass is 19.1. The number of carbonyl (C=O) groups is 2. The lowest BCUT2D eigenvalue weighted by Gasteiger charge is -2.31. The molecule has 1 aliphatic heterocycles. The SMILES string of the molecule is COc1ccc(-c2ccc(C(=O)N3CCC(CC(=O)O)CC3)c(F)c2)c(F)c1. The Hall–Kier alpha value is -2.96. The van der Waals surface area contributed by atoms with Gasteiger partial charge in [0.25, 0.3) is 5.91 Å². The van der Waals surface area contributed by atoms with Crippen molar-refractivity contribution in [3.05, 3.63) is 53.6 Å². The number of likely N-dealkylation sites (tertiary alicyclic amines) is 1. The van der Waals surface area contributed by atoms with Crippen LogP contribution in [0.25, 0.3) is 11.1 Å². The smallest absolute Gasteiger partial charge is 0.303 e. The average Bonchev–Trinajstić information content (AvgIpc) is 2.67. The Bertz CT molecular complexity index is 892. The van der Waals surface area contributed by atoms with Crippen LogP contribution in [-0.2, 0) is 4.79 Å². The predicted molar refractivity (Wildman–Crippen MR) is 99.2 cm³/mol. The minimum atomic E-state index is -0.850. The lowest BCUT2D eigenvalue weighted by molar-refractivity contribution is -0.138. The normalized spacial score (nSPS) is 14.8. The number of carboxylic acid groups (broad SMARTS) is 1. The van der Waals surface area contributed by atoms with Gasteiger partial charge in [0.15, 0.2) is 0 Å². The molecule has 148 valence electrons. The van der Waals surface area contributed by atoms with Gasteiger partial charge in [0.2, 0.25) is 0 Å². The molecule has 0 aliphatic carbocycles. The lowest BCUT2D eigenvalue weighted by atomic mass is 9.93. The molecule has 1 heterocycles. The molecule has 0 radical (unpaired) electrons. The zero-order valence-electron chi connectivity index (χ0n) is 15.5. The Kier molecular flexibility index (Phi) is 5.92. The first-order chi connectivity index (χ1) is 13.4. The molecule has 0 atom stereocenters. The van der Waals surface area contributed by atoms with Gasteiger partial charge in [-0.3, -0.25) is 9.59 Å². The number of halogens is 2. The Morgan fingerprint density at radius 1 is 1.11 bits per heavy atom. The van der Waals surface area contributed by atoms with Crippen molar-refractivity contribution in [2.75, 3.05) is 20.2 Å². The van der Waals surface area contributed by atoms with Gasteiger partial charge in [0.1, 0.15) is 17.4 Å². The second-order valence-corrected chi connectivity index (χ2v) is 6.87. The van der Waals surface area contributed by atoms with Crippen molar-refractivity contribution >= 4 is 11.9 Å². The Labute approximate surface area is 161 Å². The first kappa shape index (κ1) is 19.8. The number of benzene rings is 2. The number of amides is 1. The highest BCUT2D eigenvalue weighted by molar-refractivity contribution is 5.95. The number of hydrogen-bond acceptors (Lipinski definition) is 3. The van der Waals surface area contributed by atoms with E-state index < -0.39 is 23.5 Å².